The van der Waals surface area contributed by atoms with E-state index in [2.05, 4.69) is 45.8 Å². The number of nitrogens with zero attached hydrogens (tertiary/aromatic N) is 4. The van der Waals surface area contributed by atoms with Crippen LogP contribution in [-0.2, 0) is 7.05 Å². The predicted molar refractivity (Wildman–Crippen MR) is 105 cm³/mol. The number of fused-ring (bicyclic) bond motifs is 1. The lowest BCUT2D eigenvalue weighted by Crippen LogP contribution is -2.21. The van der Waals surface area contributed by atoms with Crippen molar-refractivity contribution in [1.82, 2.24) is 24.7 Å². The first kappa shape index (κ1) is 19.8. The lowest BCUT2D eigenvalue weighted by molar-refractivity contribution is -0.0241. The number of aromatic nitrogens is 5. The number of nitrogens with one attached hydrogen (secondary N) is 2. The number of alkyl halides is 2. The second-order valence-corrected chi connectivity index (χ2v) is 7.02. The third kappa shape index (κ3) is 4.47. The minimum Gasteiger partial charge on any atom is -0.469 e. The van der Waals surface area contributed by atoms with E-state index in [1.165, 1.54) is 4.68 Å². The van der Waals surface area contributed by atoms with Crippen LogP contribution in [0.15, 0.2) is 25.0 Å². The minimum atomic E-state index is -2.96. The van der Waals surface area contributed by atoms with Crippen LogP contribution in [-0.4, -0.2) is 37.3 Å². The molecule has 9 heteroatoms. The number of ether oxygens (including phenoxy) is 1. The van der Waals surface area contributed by atoms with Gasteiger partial charge in [-0.25, -0.2) is 13.8 Å². The number of hydrogen-bond donors (Lipinski definition) is 2. The maximum atomic E-state index is 13.1. The average Bonchev–Trinajstić information content (AvgIpc) is 3.20. The predicted octanol–water partition coefficient (Wildman–Crippen LogP) is 4.53. The molecule has 0 bridgehead atoms. The Hall–Kier alpha value is -2.97. The highest BCUT2D eigenvalue weighted by Crippen LogP contribution is 2.28. The van der Waals surface area contributed by atoms with Crippen molar-refractivity contribution >= 4 is 28.2 Å². The second kappa shape index (κ2) is 7.57. The number of halogens is 2. The van der Waals surface area contributed by atoms with Gasteiger partial charge in [0.1, 0.15) is 11.3 Å². The summed E-state index contributed by atoms with van der Waals surface area (Å²) in [5.41, 5.74) is 3.00. The van der Waals surface area contributed by atoms with Crippen molar-refractivity contribution in [3.63, 3.8) is 0 Å². The SMILES string of the molecule is C=C(c1cc2cnc(Nc3cn(C)nc3OCC(C)(F)F)nc2[nH]1)[C@H](C)CC. The molecule has 0 radical (unpaired) electrons. The molecule has 3 aromatic rings. The largest absolute Gasteiger partial charge is 0.469 e. The highest BCUT2D eigenvalue weighted by atomic mass is 19.3. The molecule has 0 aliphatic heterocycles. The van der Waals surface area contributed by atoms with E-state index in [1.807, 2.05) is 6.07 Å². The van der Waals surface area contributed by atoms with Crippen LogP contribution in [0.1, 0.15) is 32.9 Å². The summed E-state index contributed by atoms with van der Waals surface area (Å²) in [5, 5.41) is 7.89. The van der Waals surface area contributed by atoms with Gasteiger partial charge < -0.3 is 15.0 Å². The van der Waals surface area contributed by atoms with E-state index in [1.54, 1.807) is 19.4 Å². The highest BCUT2D eigenvalue weighted by Gasteiger charge is 2.24. The van der Waals surface area contributed by atoms with Crippen LogP contribution in [0.2, 0.25) is 0 Å². The zero-order valence-electron chi connectivity index (χ0n) is 16.4. The first-order chi connectivity index (χ1) is 13.2. The van der Waals surface area contributed by atoms with E-state index in [9.17, 15) is 8.78 Å². The lowest BCUT2D eigenvalue weighted by Gasteiger charge is -2.11. The van der Waals surface area contributed by atoms with E-state index in [-0.39, 0.29) is 5.88 Å². The number of rotatable bonds is 8. The van der Waals surface area contributed by atoms with E-state index in [4.69, 9.17) is 4.74 Å². The molecule has 1 atom stereocenters. The molecule has 2 N–H and O–H groups in total. The fourth-order valence-electron chi connectivity index (χ4n) is 2.64. The Labute approximate surface area is 161 Å². The van der Waals surface area contributed by atoms with Gasteiger partial charge in [0.2, 0.25) is 5.95 Å². The average molecular weight is 390 g/mol. The third-order valence-corrected chi connectivity index (χ3v) is 4.43. The Morgan fingerprint density at radius 3 is 2.89 bits per heavy atom. The number of allylic oxidation sites excluding steroid dienone is 1. The zero-order chi connectivity index (χ0) is 20.5. The van der Waals surface area contributed by atoms with Crippen LogP contribution < -0.4 is 10.1 Å². The smallest absolute Gasteiger partial charge is 0.278 e. The molecule has 0 aliphatic rings. The Balaban J connectivity index is 1.82. The van der Waals surface area contributed by atoms with Crippen molar-refractivity contribution < 1.29 is 13.5 Å². The second-order valence-electron chi connectivity index (χ2n) is 7.02. The Morgan fingerprint density at radius 2 is 2.21 bits per heavy atom. The fraction of sp³-hybridized carbons (Fsp3) is 0.421. The fourth-order valence-corrected chi connectivity index (χ4v) is 2.64. The third-order valence-electron chi connectivity index (χ3n) is 4.43. The Kier molecular flexibility index (Phi) is 5.35. The summed E-state index contributed by atoms with van der Waals surface area (Å²) >= 11 is 0. The Bertz CT molecular complexity index is 988. The summed E-state index contributed by atoms with van der Waals surface area (Å²) in [6.07, 6.45) is 4.29. The van der Waals surface area contributed by atoms with Gasteiger partial charge in [-0.15, -0.1) is 5.10 Å². The van der Waals surface area contributed by atoms with Crippen LogP contribution in [0.3, 0.4) is 0 Å². The number of aromatic amines is 1. The highest BCUT2D eigenvalue weighted by molar-refractivity contribution is 5.82. The molecule has 0 saturated heterocycles. The molecular weight excluding hydrogens is 366 g/mol. The van der Waals surface area contributed by atoms with Gasteiger partial charge in [-0.1, -0.05) is 20.4 Å². The number of hydrogen-bond acceptors (Lipinski definition) is 5. The summed E-state index contributed by atoms with van der Waals surface area (Å²) in [6.45, 7) is 8.41. The first-order valence-electron chi connectivity index (χ1n) is 9.02. The van der Waals surface area contributed by atoms with Gasteiger partial charge in [0.05, 0.1) is 6.20 Å². The molecule has 0 fully saturated rings. The molecule has 0 amide bonds. The van der Waals surface area contributed by atoms with Crippen molar-refractivity contribution in [2.24, 2.45) is 13.0 Å². The number of H-pyrrole nitrogens is 1. The standard InChI is InChI=1S/C19H24F2N6O/c1-6-11(2)12(3)14-7-13-8-22-18(25-16(13)23-14)24-15-9-27(5)26-17(15)28-10-19(4,20)21/h7-9,11H,3,6,10H2,1-2,4-5H3,(H2,22,23,24,25)/t11-/m1/s1. The van der Waals surface area contributed by atoms with Crippen molar-refractivity contribution in [2.45, 2.75) is 33.1 Å². The molecule has 3 heterocycles. The van der Waals surface area contributed by atoms with Crippen molar-refractivity contribution in [1.29, 1.82) is 0 Å². The van der Waals surface area contributed by atoms with Gasteiger partial charge in [0, 0.05) is 31.2 Å². The molecule has 0 aromatic carbocycles. The monoisotopic (exact) mass is 390 g/mol. The maximum absolute atomic E-state index is 13.1. The molecule has 28 heavy (non-hydrogen) atoms. The van der Waals surface area contributed by atoms with E-state index < -0.39 is 12.5 Å². The van der Waals surface area contributed by atoms with E-state index in [0.717, 1.165) is 30.0 Å². The summed E-state index contributed by atoms with van der Waals surface area (Å²) in [5.74, 6) is -2.24. The topological polar surface area (TPSA) is 80.7 Å². The summed E-state index contributed by atoms with van der Waals surface area (Å²) < 4.78 is 32.8. The van der Waals surface area contributed by atoms with E-state index in [0.29, 0.717) is 23.2 Å². The molecule has 0 spiro atoms. The Morgan fingerprint density at radius 1 is 1.46 bits per heavy atom. The molecule has 7 nitrogen and oxygen atoms in total. The van der Waals surface area contributed by atoms with Gasteiger partial charge in [-0.05, 0) is 24.0 Å². The zero-order valence-corrected chi connectivity index (χ0v) is 16.4. The number of aryl methyl sites for hydroxylation is 1. The van der Waals surface area contributed by atoms with Crippen LogP contribution in [0.5, 0.6) is 5.88 Å². The molecule has 0 saturated carbocycles. The number of anilines is 2. The van der Waals surface area contributed by atoms with Crippen molar-refractivity contribution in [3.05, 3.63) is 30.7 Å². The molecule has 3 rings (SSSR count). The first-order valence-corrected chi connectivity index (χ1v) is 9.02. The van der Waals surface area contributed by atoms with Gasteiger partial charge in [-0.3, -0.25) is 4.68 Å². The lowest BCUT2D eigenvalue weighted by atomic mass is 9.97. The van der Waals surface area contributed by atoms with Crippen molar-refractivity contribution in [3.8, 4) is 5.88 Å². The normalized spacial score (nSPS) is 12.9. The quantitative estimate of drug-likeness (QED) is 0.591. The maximum Gasteiger partial charge on any atom is 0.278 e. The van der Waals surface area contributed by atoms with E-state index >= 15 is 0 Å². The summed E-state index contributed by atoms with van der Waals surface area (Å²) in [7, 11) is 1.67. The molecule has 0 aliphatic carbocycles. The van der Waals surface area contributed by atoms with Crippen LogP contribution in [0.4, 0.5) is 20.4 Å². The molecule has 0 unspecified atom stereocenters. The van der Waals surface area contributed by atoms with Gasteiger partial charge in [0.15, 0.2) is 6.61 Å². The van der Waals surface area contributed by atoms with Crippen molar-refractivity contribution in [2.75, 3.05) is 11.9 Å². The van der Waals surface area contributed by atoms with Crippen LogP contribution in [0.25, 0.3) is 16.6 Å². The summed E-state index contributed by atoms with van der Waals surface area (Å²) in [4.78, 5) is 12.0. The summed E-state index contributed by atoms with van der Waals surface area (Å²) in [6, 6.07) is 1.97. The van der Waals surface area contributed by atoms with Gasteiger partial charge in [0.25, 0.3) is 11.8 Å². The molecule has 3 aromatic heterocycles. The van der Waals surface area contributed by atoms with Gasteiger partial charge >= 0.3 is 0 Å². The molecule has 150 valence electrons. The van der Waals surface area contributed by atoms with Crippen LogP contribution in [0, 0.1) is 5.92 Å². The minimum absolute atomic E-state index is 0.0602. The van der Waals surface area contributed by atoms with Gasteiger partial charge in [-0.2, -0.15) is 4.98 Å². The molecular formula is C19H24F2N6O. The van der Waals surface area contributed by atoms with Crippen LogP contribution >= 0.6 is 0 Å².